The van der Waals surface area contributed by atoms with Crippen molar-refractivity contribution in [2.75, 3.05) is 18.1 Å². The molecular formula is C19H27NO4S. The lowest BCUT2D eigenvalue weighted by molar-refractivity contribution is -0.133. The number of hydrogen-bond donors (Lipinski definition) is 0. The third kappa shape index (κ3) is 5.66. The molecule has 1 aliphatic rings. The first-order chi connectivity index (χ1) is 11.8. The van der Waals surface area contributed by atoms with Crippen LogP contribution >= 0.6 is 0 Å². The molecule has 1 aromatic rings. The number of nitrogens with zero attached hydrogens (tertiary/aromatic N) is 1. The van der Waals surface area contributed by atoms with Crippen molar-refractivity contribution in [3.05, 3.63) is 35.4 Å². The summed E-state index contributed by atoms with van der Waals surface area (Å²) in [5.74, 6) is 0.0309. The van der Waals surface area contributed by atoms with Crippen molar-refractivity contribution in [3.63, 3.8) is 0 Å². The predicted octanol–water partition coefficient (Wildman–Crippen LogP) is 2.77. The molecule has 1 saturated heterocycles. The molecule has 0 aromatic heterocycles. The van der Waals surface area contributed by atoms with Gasteiger partial charge < -0.3 is 4.90 Å². The molecule has 0 saturated carbocycles. The largest absolute Gasteiger partial charge is 0.339 e. The van der Waals surface area contributed by atoms with Crippen molar-refractivity contribution in [1.29, 1.82) is 0 Å². The lowest BCUT2D eigenvalue weighted by Gasteiger charge is -2.28. The van der Waals surface area contributed by atoms with E-state index in [1.54, 1.807) is 17.0 Å². The van der Waals surface area contributed by atoms with Crippen LogP contribution in [0.1, 0.15) is 54.9 Å². The quantitative estimate of drug-likeness (QED) is 0.664. The van der Waals surface area contributed by atoms with Gasteiger partial charge in [-0.2, -0.15) is 0 Å². The smallest absolute Gasteiger partial charge is 0.223 e. The maximum atomic E-state index is 12.6. The first kappa shape index (κ1) is 19.6. The molecule has 25 heavy (non-hydrogen) atoms. The van der Waals surface area contributed by atoms with Gasteiger partial charge in [-0.25, -0.2) is 8.42 Å². The van der Waals surface area contributed by atoms with Crippen molar-refractivity contribution in [2.45, 2.75) is 52.0 Å². The number of unbranched alkanes of at least 4 members (excludes halogenated alkanes) is 1. The molecule has 0 bridgehead atoms. The van der Waals surface area contributed by atoms with Crippen LogP contribution in [0.25, 0.3) is 0 Å². The Labute approximate surface area is 150 Å². The van der Waals surface area contributed by atoms with Crippen LogP contribution in [0.15, 0.2) is 24.3 Å². The molecule has 138 valence electrons. The number of ketones is 1. The summed E-state index contributed by atoms with van der Waals surface area (Å²) in [6.45, 7) is 4.56. The van der Waals surface area contributed by atoms with E-state index in [0.717, 1.165) is 18.4 Å². The fourth-order valence-corrected chi connectivity index (χ4v) is 4.84. The number of hydrogen-bond acceptors (Lipinski definition) is 4. The highest BCUT2D eigenvalue weighted by molar-refractivity contribution is 7.91. The Morgan fingerprint density at radius 3 is 2.40 bits per heavy atom. The van der Waals surface area contributed by atoms with Crippen molar-refractivity contribution in [3.8, 4) is 0 Å². The van der Waals surface area contributed by atoms with Gasteiger partial charge in [0.2, 0.25) is 5.91 Å². The van der Waals surface area contributed by atoms with E-state index in [-0.39, 0.29) is 42.1 Å². The predicted molar refractivity (Wildman–Crippen MR) is 98.4 cm³/mol. The summed E-state index contributed by atoms with van der Waals surface area (Å²) in [7, 11) is -3.04. The van der Waals surface area contributed by atoms with Crippen molar-refractivity contribution in [2.24, 2.45) is 0 Å². The van der Waals surface area contributed by atoms with Crippen LogP contribution in [0, 0.1) is 6.92 Å². The lowest BCUT2D eigenvalue weighted by atomic mass is 10.0. The minimum absolute atomic E-state index is 0.0500. The minimum Gasteiger partial charge on any atom is -0.339 e. The van der Waals surface area contributed by atoms with Gasteiger partial charge in [-0.1, -0.05) is 43.2 Å². The number of Topliss-reactive ketones (excluding diaryl/α,β-unsaturated/α-hetero) is 1. The molecule has 1 aromatic carbocycles. The van der Waals surface area contributed by atoms with Gasteiger partial charge in [-0.15, -0.1) is 0 Å². The monoisotopic (exact) mass is 365 g/mol. The van der Waals surface area contributed by atoms with Crippen LogP contribution in [0.3, 0.4) is 0 Å². The molecule has 1 amide bonds. The summed E-state index contributed by atoms with van der Waals surface area (Å²) in [5, 5.41) is 0. The van der Waals surface area contributed by atoms with E-state index in [1.807, 2.05) is 26.0 Å². The molecule has 1 fully saturated rings. The highest BCUT2D eigenvalue weighted by Gasteiger charge is 2.34. The van der Waals surface area contributed by atoms with E-state index in [9.17, 15) is 18.0 Å². The third-order valence-electron chi connectivity index (χ3n) is 4.66. The summed E-state index contributed by atoms with van der Waals surface area (Å²) < 4.78 is 23.5. The number of aryl methyl sites for hydroxylation is 1. The Balaban J connectivity index is 1.96. The number of rotatable bonds is 8. The Hall–Kier alpha value is -1.69. The van der Waals surface area contributed by atoms with E-state index in [0.29, 0.717) is 18.5 Å². The molecule has 1 heterocycles. The Morgan fingerprint density at radius 2 is 1.84 bits per heavy atom. The van der Waals surface area contributed by atoms with Crippen molar-refractivity contribution < 1.29 is 18.0 Å². The van der Waals surface area contributed by atoms with Gasteiger partial charge >= 0.3 is 0 Å². The molecule has 1 aliphatic heterocycles. The standard InChI is InChI=1S/C19H27NO4S/c1-3-4-12-20(17-11-13-25(23,24)14-17)19(22)10-9-18(21)16-7-5-15(2)6-8-16/h5-8,17H,3-4,9-14H2,1-2H3. The molecular weight excluding hydrogens is 338 g/mol. The summed E-state index contributed by atoms with van der Waals surface area (Å²) in [5.41, 5.74) is 1.70. The summed E-state index contributed by atoms with van der Waals surface area (Å²) in [4.78, 5) is 26.6. The molecule has 5 nitrogen and oxygen atoms in total. The number of carbonyl (C=O) groups excluding carboxylic acids is 2. The van der Waals surface area contributed by atoms with Crippen LogP contribution in [-0.2, 0) is 14.6 Å². The van der Waals surface area contributed by atoms with Gasteiger partial charge in [0.25, 0.3) is 0 Å². The maximum absolute atomic E-state index is 12.6. The number of carbonyl (C=O) groups is 2. The van der Waals surface area contributed by atoms with E-state index >= 15 is 0 Å². The fraction of sp³-hybridized carbons (Fsp3) is 0.579. The normalized spacial score (nSPS) is 18.9. The Kier molecular flexibility index (Phi) is 6.76. The zero-order valence-electron chi connectivity index (χ0n) is 15.0. The molecule has 0 aliphatic carbocycles. The molecule has 2 rings (SSSR count). The summed E-state index contributed by atoms with van der Waals surface area (Å²) in [6, 6.07) is 7.08. The molecule has 1 atom stereocenters. The SMILES string of the molecule is CCCCN(C(=O)CCC(=O)c1ccc(C)cc1)C1CCS(=O)(=O)C1. The highest BCUT2D eigenvalue weighted by atomic mass is 32.2. The van der Waals surface area contributed by atoms with Crippen LogP contribution < -0.4 is 0 Å². The number of amides is 1. The minimum atomic E-state index is -3.04. The second kappa shape index (κ2) is 8.61. The summed E-state index contributed by atoms with van der Waals surface area (Å²) in [6.07, 6.45) is 2.57. The molecule has 1 unspecified atom stereocenters. The molecule has 0 radical (unpaired) electrons. The average molecular weight is 365 g/mol. The van der Waals surface area contributed by atoms with Gasteiger partial charge in [0, 0.05) is 31.0 Å². The van der Waals surface area contributed by atoms with Gasteiger partial charge in [0.15, 0.2) is 15.6 Å². The lowest BCUT2D eigenvalue weighted by Crippen LogP contribution is -2.41. The van der Waals surface area contributed by atoms with Crippen molar-refractivity contribution in [1.82, 2.24) is 4.90 Å². The van der Waals surface area contributed by atoms with E-state index in [4.69, 9.17) is 0 Å². The van der Waals surface area contributed by atoms with Gasteiger partial charge in [0.05, 0.1) is 11.5 Å². The average Bonchev–Trinajstić information content (AvgIpc) is 2.93. The number of sulfone groups is 1. The zero-order valence-corrected chi connectivity index (χ0v) is 15.8. The maximum Gasteiger partial charge on any atom is 0.223 e. The van der Waals surface area contributed by atoms with Crippen LogP contribution in [0.4, 0.5) is 0 Å². The molecule has 0 spiro atoms. The molecule has 0 N–H and O–H groups in total. The second-order valence-electron chi connectivity index (χ2n) is 6.79. The summed E-state index contributed by atoms with van der Waals surface area (Å²) >= 11 is 0. The van der Waals surface area contributed by atoms with Gasteiger partial charge in [-0.3, -0.25) is 9.59 Å². The Bertz CT molecular complexity index is 709. The zero-order chi connectivity index (χ0) is 18.4. The number of benzene rings is 1. The second-order valence-corrected chi connectivity index (χ2v) is 9.02. The van der Waals surface area contributed by atoms with Crippen LogP contribution in [0.5, 0.6) is 0 Å². The van der Waals surface area contributed by atoms with Gasteiger partial charge in [-0.05, 0) is 19.8 Å². The third-order valence-corrected chi connectivity index (χ3v) is 6.41. The first-order valence-electron chi connectivity index (χ1n) is 8.92. The van der Waals surface area contributed by atoms with Crippen LogP contribution in [-0.4, -0.2) is 49.1 Å². The fourth-order valence-electron chi connectivity index (χ4n) is 3.11. The first-order valence-corrected chi connectivity index (χ1v) is 10.7. The Morgan fingerprint density at radius 1 is 1.16 bits per heavy atom. The van der Waals surface area contributed by atoms with Gasteiger partial charge in [0.1, 0.15) is 0 Å². The van der Waals surface area contributed by atoms with E-state index < -0.39 is 9.84 Å². The van der Waals surface area contributed by atoms with E-state index in [2.05, 4.69) is 0 Å². The van der Waals surface area contributed by atoms with E-state index in [1.165, 1.54) is 0 Å². The van der Waals surface area contributed by atoms with Crippen molar-refractivity contribution >= 4 is 21.5 Å². The molecule has 6 heteroatoms. The van der Waals surface area contributed by atoms with Crippen LogP contribution in [0.2, 0.25) is 0 Å². The highest BCUT2D eigenvalue weighted by Crippen LogP contribution is 2.20. The topological polar surface area (TPSA) is 71.5 Å².